The summed E-state index contributed by atoms with van der Waals surface area (Å²) in [7, 11) is 0. The average Bonchev–Trinajstić information content (AvgIpc) is 3.94. The molecule has 0 unspecified atom stereocenters. The zero-order valence-electron chi connectivity index (χ0n) is 27.9. The molecule has 0 radical (unpaired) electrons. The predicted molar refractivity (Wildman–Crippen MR) is 184 cm³/mol. The first-order chi connectivity index (χ1) is 24.4. The Labute approximate surface area is 287 Å². The van der Waals surface area contributed by atoms with Crippen molar-refractivity contribution >= 4 is 39.2 Å². The average molecular weight is 679 g/mol. The summed E-state index contributed by atoms with van der Waals surface area (Å²) in [5, 5.41) is 41.3. The van der Waals surface area contributed by atoms with Crippen LogP contribution in [0, 0.1) is 23.2 Å². The number of carbonyl (C=O) groups is 1. The van der Waals surface area contributed by atoms with E-state index in [2.05, 4.69) is 58.0 Å². The molecular weight excluding hydrogens is 636 g/mol. The Hall–Kier alpha value is -5.14. The van der Waals surface area contributed by atoms with Crippen molar-refractivity contribution in [1.29, 1.82) is 5.26 Å². The standard InChI is InChI=1S/C20H24N8O2.C14H18N6/c21-7-6-20(10-27(11-20)19(29)30)24-9-13-1-3-14(4-2-13)16-17-15-5-8-22-18(15)23-12-28(17)26-25-16;15-7-9-1-3-10(4-2-9)12-13-11-5-6-16-14(11)17-8-20(13)19-18-12/h5,8,12-14,22,24H,1-4,6,9-11H2,(H,29,30);5-6,8-10,16H,1-4,7,15H2. The molecule has 16 heteroatoms. The number of aromatic nitrogens is 10. The van der Waals surface area contributed by atoms with E-state index in [4.69, 9.17) is 16.1 Å². The van der Waals surface area contributed by atoms with Crippen LogP contribution in [0.3, 0.4) is 0 Å². The minimum atomic E-state index is -0.918. The third-order valence-electron chi connectivity index (χ3n) is 11.2. The van der Waals surface area contributed by atoms with E-state index in [1.54, 1.807) is 21.7 Å². The molecule has 0 atom stereocenters. The zero-order valence-corrected chi connectivity index (χ0v) is 27.9. The molecule has 260 valence electrons. The second-order valence-corrected chi connectivity index (χ2v) is 14.3. The Bertz CT molecular complexity index is 2150. The minimum absolute atomic E-state index is 0.332. The number of carboxylic acid groups (broad SMARTS) is 1. The van der Waals surface area contributed by atoms with Crippen LogP contribution in [0.25, 0.3) is 33.1 Å². The molecule has 1 aliphatic heterocycles. The fraction of sp³-hybridized carbons (Fsp3) is 0.529. The summed E-state index contributed by atoms with van der Waals surface area (Å²) >= 11 is 0. The Morgan fingerprint density at radius 3 is 1.88 bits per heavy atom. The molecule has 0 spiro atoms. The zero-order chi connectivity index (χ0) is 34.2. The summed E-state index contributed by atoms with van der Waals surface area (Å²) in [5.74, 6) is 2.07. The summed E-state index contributed by atoms with van der Waals surface area (Å²) in [5.41, 5.74) is 11.4. The molecule has 3 aliphatic rings. The fourth-order valence-corrected chi connectivity index (χ4v) is 8.32. The summed E-state index contributed by atoms with van der Waals surface area (Å²) in [6, 6.07) is 6.28. The van der Waals surface area contributed by atoms with Crippen molar-refractivity contribution in [3.05, 3.63) is 48.6 Å². The lowest BCUT2D eigenvalue weighted by atomic mass is 9.79. The summed E-state index contributed by atoms with van der Waals surface area (Å²) in [6.45, 7) is 2.40. The topological polar surface area (TPSA) is 220 Å². The van der Waals surface area contributed by atoms with Crippen molar-refractivity contribution < 1.29 is 9.90 Å². The number of nitriles is 1. The highest BCUT2D eigenvalue weighted by Crippen LogP contribution is 2.39. The van der Waals surface area contributed by atoms with Gasteiger partial charge < -0.3 is 31.0 Å². The number of hydrogen-bond donors (Lipinski definition) is 5. The van der Waals surface area contributed by atoms with E-state index >= 15 is 0 Å². The fourth-order valence-electron chi connectivity index (χ4n) is 8.32. The number of hydrogen-bond acceptors (Lipinski definition) is 10. The lowest BCUT2D eigenvalue weighted by molar-refractivity contribution is 0.0414. The minimum Gasteiger partial charge on any atom is -0.465 e. The monoisotopic (exact) mass is 678 g/mol. The van der Waals surface area contributed by atoms with E-state index in [0.717, 1.165) is 96.1 Å². The van der Waals surface area contributed by atoms with Crippen LogP contribution >= 0.6 is 0 Å². The van der Waals surface area contributed by atoms with E-state index in [1.165, 1.54) is 17.7 Å². The maximum absolute atomic E-state index is 11.1. The van der Waals surface area contributed by atoms with Crippen LogP contribution in [0.2, 0.25) is 0 Å². The van der Waals surface area contributed by atoms with E-state index in [9.17, 15) is 4.79 Å². The number of likely N-dealkylation sites (tertiary alicyclic amines) is 1. The number of H-pyrrole nitrogens is 2. The van der Waals surface area contributed by atoms with Gasteiger partial charge in [0.15, 0.2) is 0 Å². The van der Waals surface area contributed by atoms with Gasteiger partial charge in [0.2, 0.25) is 0 Å². The van der Waals surface area contributed by atoms with E-state index < -0.39 is 6.09 Å². The highest BCUT2D eigenvalue weighted by molar-refractivity contribution is 5.93. The van der Waals surface area contributed by atoms with Gasteiger partial charge in [-0.2, -0.15) is 5.26 Å². The molecule has 9 rings (SSSR count). The largest absolute Gasteiger partial charge is 0.465 e. The van der Waals surface area contributed by atoms with E-state index in [1.807, 2.05) is 18.5 Å². The summed E-state index contributed by atoms with van der Waals surface area (Å²) in [6.07, 6.45) is 15.6. The van der Waals surface area contributed by atoms with Crippen molar-refractivity contribution in [3.63, 3.8) is 0 Å². The molecule has 1 amide bonds. The third-order valence-corrected chi connectivity index (χ3v) is 11.2. The van der Waals surface area contributed by atoms with Gasteiger partial charge in [-0.25, -0.2) is 23.8 Å². The normalized spacial score (nSPS) is 23.5. The molecule has 2 saturated carbocycles. The summed E-state index contributed by atoms with van der Waals surface area (Å²) < 4.78 is 3.55. The van der Waals surface area contributed by atoms with Gasteiger partial charge in [0.05, 0.1) is 29.4 Å². The maximum atomic E-state index is 11.1. The molecule has 0 aromatic carbocycles. The lowest BCUT2D eigenvalue weighted by Crippen LogP contribution is -2.70. The van der Waals surface area contributed by atoms with Crippen LogP contribution in [-0.2, 0) is 0 Å². The van der Waals surface area contributed by atoms with Crippen LogP contribution in [0.4, 0.5) is 4.79 Å². The first-order valence-electron chi connectivity index (χ1n) is 17.6. The van der Waals surface area contributed by atoms with E-state index in [-0.39, 0.29) is 5.54 Å². The Morgan fingerprint density at radius 1 is 0.880 bits per heavy atom. The quantitative estimate of drug-likeness (QED) is 0.163. The molecule has 6 aromatic heterocycles. The SMILES string of the molecule is N#CCC1(NCC2CCC(c3nnn4cnc5[nH]ccc5c34)CC2)CN(C(=O)O)C1.NCC1CCC(c2nnn3cnc4[nH]ccc4c23)CC1. The highest BCUT2D eigenvalue weighted by Gasteiger charge is 2.45. The highest BCUT2D eigenvalue weighted by atomic mass is 16.4. The smallest absolute Gasteiger partial charge is 0.407 e. The number of amides is 1. The van der Waals surface area contributed by atoms with Crippen molar-refractivity contribution in [2.24, 2.45) is 17.6 Å². The van der Waals surface area contributed by atoms with Crippen LogP contribution < -0.4 is 11.1 Å². The van der Waals surface area contributed by atoms with E-state index in [0.29, 0.717) is 43.2 Å². The third kappa shape index (κ3) is 5.90. The molecule has 1 saturated heterocycles. The van der Waals surface area contributed by atoms with Crippen LogP contribution in [0.1, 0.15) is 81.0 Å². The lowest BCUT2D eigenvalue weighted by Gasteiger charge is -2.49. The molecule has 16 nitrogen and oxygen atoms in total. The number of fused-ring (bicyclic) bond motifs is 6. The van der Waals surface area contributed by atoms with Gasteiger partial charge in [-0.1, -0.05) is 10.4 Å². The second kappa shape index (κ2) is 13.3. The molecule has 7 heterocycles. The van der Waals surface area contributed by atoms with Crippen LogP contribution in [-0.4, -0.2) is 97.4 Å². The second-order valence-electron chi connectivity index (χ2n) is 14.3. The molecule has 50 heavy (non-hydrogen) atoms. The van der Waals surface area contributed by atoms with Gasteiger partial charge in [0.1, 0.15) is 35.0 Å². The van der Waals surface area contributed by atoms with Gasteiger partial charge in [-0.15, -0.1) is 10.2 Å². The molecule has 6 N–H and O–H groups in total. The first-order valence-corrected chi connectivity index (χ1v) is 17.6. The molecule has 0 bridgehead atoms. The maximum Gasteiger partial charge on any atom is 0.407 e. The molecule has 6 aromatic rings. The molecule has 3 fully saturated rings. The van der Waals surface area contributed by atoms with Crippen LogP contribution in [0.15, 0.2) is 37.2 Å². The summed E-state index contributed by atoms with van der Waals surface area (Å²) in [4.78, 5) is 27.4. The molecular formula is C34H42N14O2. The van der Waals surface area contributed by atoms with Gasteiger partial charge in [-0.05, 0) is 88.4 Å². The molecule has 2 aliphatic carbocycles. The first kappa shape index (κ1) is 32.1. The van der Waals surface area contributed by atoms with Crippen molar-refractivity contribution in [3.8, 4) is 6.07 Å². The Balaban J connectivity index is 0.000000156. The number of aromatic amines is 2. The van der Waals surface area contributed by atoms with Crippen molar-refractivity contribution in [1.82, 2.24) is 59.8 Å². The number of nitrogens with one attached hydrogen (secondary N) is 3. The van der Waals surface area contributed by atoms with Gasteiger partial charge in [-0.3, -0.25) is 0 Å². The van der Waals surface area contributed by atoms with Crippen LogP contribution in [0.5, 0.6) is 0 Å². The van der Waals surface area contributed by atoms with Crippen molar-refractivity contribution in [2.75, 3.05) is 26.2 Å². The number of rotatable bonds is 7. The Morgan fingerprint density at radius 2 is 1.40 bits per heavy atom. The van der Waals surface area contributed by atoms with Gasteiger partial charge in [0, 0.05) is 48.1 Å². The van der Waals surface area contributed by atoms with Gasteiger partial charge >= 0.3 is 6.09 Å². The number of nitrogens with zero attached hydrogens (tertiary/aromatic N) is 10. The number of nitrogens with two attached hydrogens (primary N) is 1. The predicted octanol–water partition coefficient (Wildman–Crippen LogP) is 3.95. The van der Waals surface area contributed by atoms with Gasteiger partial charge in [0.25, 0.3) is 0 Å². The Kier molecular flexibility index (Phi) is 8.53. The van der Waals surface area contributed by atoms with Crippen molar-refractivity contribution in [2.45, 2.75) is 75.2 Å².